The third kappa shape index (κ3) is 4.51. The fraction of sp³-hybridized carbons (Fsp3) is 0.250. The summed E-state index contributed by atoms with van der Waals surface area (Å²) in [6.07, 6.45) is 5.19. The SMILES string of the molecule is COc1ccccc1CCNC(=O)C[C@@H](c1ccsc1)n1cccc1. The third-order valence-electron chi connectivity index (χ3n) is 4.20. The zero-order chi connectivity index (χ0) is 17.5. The molecule has 1 amide bonds. The summed E-state index contributed by atoms with van der Waals surface area (Å²) in [5, 5.41) is 7.18. The second-order valence-electron chi connectivity index (χ2n) is 5.82. The number of hydrogen-bond donors (Lipinski definition) is 1. The summed E-state index contributed by atoms with van der Waals surface area (Å²) in [7, 11) is 1.67. The smallest absolute Gasteiger partial charge is 0.222 e. The van der Waals surface area contributed by atoms with Crippen LogP contribution >= 0.6 is 11.3 Å². The molecule has 0 spiro atoms. The lowest BCUT2D eigenvalue weighted by Crippen LogP contribution is -2.28. The Morgan fingerprint density at radius 1 is 1.20 bits per heavy atom. The summed E-state index contributed by atoms with van der Waals surface area (Å²) >= 11 is 1.65. The van der Waals surface area contributed by atoms with Crippen molar-refractivity contribution in [2.45, 2.75) is 18.9 Å². The highest BCUT2D eigenvalue weighted by molar-refractivity contribution is 7.08. The molecule has 0 radical (unpaired) electrons. The Kier molecular flexibility index (Phi) is 5.90. The van der Waals surface area contributed by atoms with Crippen molar-refractivity contribution >= 4 is 17.2 Å². The highest BCUT2D eigenvalue weighted by Crippen LogP contribution is 2.24. The Morgan fingerprint density at radius 2 is 2.00 bits per heavy atom. The van der Waals surface area contributed by atoms with Crippen LogP contribution in [0, 0.1) is 0 Å². The van der Waals surface area contributed by atoms with Crippen molar-refractivity contribution in [2.75, 3.05) is 13.7 Å². The van der Waals surface area contributed by atoms with Crippen LogP contribution in [0.1, 0.15) is 23.6 Å². The van der Waals surface area contributed by atoms with Crippen molar-refractivity contribution in [3.05, 3.63) is 76.7 Å². The van der Waals surface area contributed by atoms with Gasteiger partial charge in [-0.3, -0.25) is 4.79 Å². The number of hydrogen-bond acceptors (Lipinski definition) is 3. The van der Waals surface area contributed by atoms with Crippen LogP contribution in [0.3, 0.4) is 0 Å². The summed E-state index contributed by atoms with van der Waals surface area (Å²) in [6, 6.07) is 14.0. The fourth-order valence-electron chi connectivity index (χ4n) is 2.91. The van der Waals surface area contributed by atoms with Crippen molar-refractivity contribution in [1.29, 1.82) is 0 Å². The van der Waals surface area contributed by atoms with Gasteiger partial charge in [0.25, 0.3) is 0 Å². The van der Waals surface area contributed by atoms with Gasteiger partial charge in [0.15, 0.2) is 0 Å². The van der Waals surface area contributed by atoms with Gasteiger partial charge in [0.1, 0.15) is 5.75 Å². The minimum atomic E-state index is 0.0347. The van der Waals surface area contributed by atoms with Gasteiger partial charge in [-0.25, -0.2) is 0 Å². The van der Waals surface area contributed by atoms with E-state index in [9.17, 15) is 4.79 Å². The second-order valence-corrected chi connectivity index (χ2v) is 6.60. The lowest BCUT2D eigenvalue weighted by atomic mass is 10.1. The van der Waals surface area contributed by atoms with Crippen LogP contribution in [0.15, 0.2) is 65.6 Å². The molecule has 0 saturated carbocycles. The number of methoxy groups -OCH3 is 1. The highest BCUT2D eigenvalue weighted by Gasteiger charge is 2.17. The van der Waals surface area contributed by atoms with Crippen molar-refractivity contribution in [1.82, 2.24) is 9.88 Å². The number of nitrogens with one attached hydrogen (secondary N) is 1. The number of para-hydroxylation sites is 1. The summed E-state index contributed by atoms with van der Waals surface area (Å²) in [5.74, 6) is 0.917. The molecule has 0 aliphatic rings. The fourth-order valence-corrected chi connectivity index (χ4v) is 3.62. The first-order valence-corrected chi connectivity index (χ1v) is 9.25. The van der Waals surface area contributed by atoms with E-state index in [-0.39, 0.29) is 11.9 Å². The molecular formula is C20H22N2O2S. The molecule has 1 N–H and O–H groups in total. The number of nitrogens with zero attached hydrogens (tertiary/aromatic N) is 1. The minimum Gasteiger partial charge on any atom is -0.496 e. The van der Waals surface area contributed by atoms with E-state index in [1.54, 1.807) is 18.4 Å². The lowest BCUT2D eigenvalue weighted by molar-refractivity contribution is -0.121. The number of thiophene rings is 1. The van der Waals surface area contributed by atoms with Crippen LogP contribution in [0.25, 0.3) is 0 Å². The maximum absolute atomic E-state index is 12.4. The number of benzene rings is 1. The number of amides is 1. The van der Waals surface area contributed by atoms with E-state index in [4.69, 9.17) is 4.74 Å². The highest BCUT2D eigenvalue weighted by atomic mass is 32.1. The molecule has 130 valence electrons. The van der Waals surface area contributed by atoms with Crippen LogP contribution in [0.4, 0.5) is 0 Å². The zero-order valence-corrected chi connectivity index (χ0v) is 15.0. The number of ether oxygens (including phenoxy) is 1. The Hall–Kier alpha value is -2.53. The van der Waals surface area contributed by atoms with E-state index >= 15 is 0 Å². The Bertz CT molecular complexity index is 748. The van der Waals surface area contributed by atoms with Crippen LogP contribution in [-0.4, -0.2) is 24.1 Å². The first-order chi connectivity index (χ1) is 12.3. The van der Waals surface area contributed by atoms with E-state index in [1.807, 2.05) is 54.2 Å². The van der Waals surface area contributed by atoms with Gasteiger partial charge < -0.3 is 14.6 Å². The zero-order valence-electron chi connectivity index (χ0n) is 14.2. The van der Waals surface area contributed by atoms with Gasteiger partial charge in [-0.15, -0.1) is 0 Å². The molecule has 4 nitrogen and oxygen atoms in total. The van der Waals surface area contributed by atoms with E-state index < -0.39 is 0 Å². The van der Waals surface area contributed by atoms with Gasteiger partial charge in [0.2, 0.25) is 5.91 Å². The minimum absolute atomic E-state index is 0.0347. The first-order valence-electron chi connectivity index (χ1n) is 8.31. The number of rotatable bonds is 8. The van der Waals surface area contributed by atoms with Crippen molar-refractivity contribution in [2.24, 2.45) is 0 Å². The standard InChI is InChI=1S/C20H22N2O2S/c1-24-19-7-3-2-6-16(19)8-10-21-20(23)14-18(17-9-13-25-15-17)22-11-4-5-12-22/h2-7,9,11-13,15,18H,8,10,14H2,1H3,(H,21,23)/t18-/m0/s1. The predicted octanol–water partition coefficient (Wildman–Crippen LogP) is 3.90. The maximum Gasteiger partial charge on any atom is 0.222 e. The van der Waals surface area contributed by atoms with Crippen LogP contribution in [0.5, 0.6) is 5.75 Å². The average molecular weight is 354 g/mol. The van der Waals surface area contributed by atoms with Gasteiger partial charge in [0.05, 0.1) is 19.6 Å². The number of carbonyl (C=O) groups is 1. The molecule has 0 unspecified atom stereocenters. The predicted molar refractivity (Wildman–Crippen MR) is 101 cm³/mol. The molecule has 3 aromatic rings. The molecule has 0 aliphatic heterocycles. The third-order valence-corrected chi connectivity index (χ3v) is 4.90. The van der Waals surface area contributed by atoms with Gasteiger partial charge in [-0.2, -0.15) is 11.3 Å². The van der Waals surface area contributed by atoms with Crippen molar-refractivity contribution in [3.63, 3.8) is 0 Å². The van der Waals surface area contributed by atoms with Crippen molar-refractivity contribution in [3.8, 4) is 5.75 Å². The molecule has 0 aliphatic carbocycles. The Morgan fingerprint density at radius 3 is 2.72 bits per heavy atom. The van der Waals surface area contributed by atoms with Crippen molar-refractivity contribution < 1.29 is 9.53 Å². The molecule has 25 heavy (non-hydrogen) atoms. The monoisotopic (exact) mass is 354 g/mol. The molecular weight excluding hydrogens is 332 g/mol. The van der Waals surface area contributed by atoms with E-state index in [0.717, 1.165) is 17.7 Å². The first kappa shape index (κ1) is 17.3. The summed E-state index contributed by atoms with van der Waals surface area (Å²) < 4.78 is 7.44. The van der Waals surface area contributed by atoms with E-state index in [1.165, 1.54) is 5.56 Å². The molecule has 2 heterocycles. The van der Waals surface area contributed by atoms with Crippen LogP contribution in [0.2, 0.25) is 0 Å². The van der Waals surface area contributed by atoms with Gasteiger partial charge in [-0.05, 0) is 52.6 Å². The maximum atomic E-state index is 12.4. The Balaban J connectivity index is 1.57. The molecule has 1 atom stereocenters. The molecule has 0 saturated heterocycles. The molecule has 3 rings (SSSR count). The summed E-state index contributed by atoms with van der Waals surface area (Å²) in [4.78, 5) is 12.4. The van der Waals surface area contributed by atoms with E-state index in [0.29, 0.717) is 13.0 Å². The molecule has 2 aromatic heterocycles. The molecule has 0 bridgehead atoms. The van der Waals surface area contributed by atoms with Gasteiger partial charge in [0, 0.05) is 18.9 Å². The van der Waals surface area contributed by atoms with Gasteiger partial charge >= 0.3 is 0 Å². The van der Waals surface area contributed by atoms with Crippen LogP contribution < -0.4 is 10.1 Å². The van der Waals surface area contributed by atoms with Gasteiger partial charge in [-0.1, -0.05) is 18.2 Å². The average Bonchev–Trinajstić information content (AvgIpc) is 3.34. The normalized spacial score (nSPS) is 11.9. The topological polar surface area (TPSA) is 43.3 Å². The molecule has 5 heteroatoms. The van der Waals surface area contributed by atoms with E-state index in [2.05, 4.69) is 21.3 Å². The number of carbonyl (C=O) groups excluding carboxylic acids is 1. The lowest BCUT2D eigenvalue weighted by Gasteiger charge is -2.18. The number of aromatic nitrogens is 1. The summed E-state index contributed by atoms with van der Waals surface area (Å²) in [6.45, 7) is 0.598. The largest absolute Gasteiger partial charge is 0.496 e. The molecule has 0 fully saturated rings. The summed E-state index contributed by atoms with van der Waals surface area (Å²) in [5.41, 5.74) is 2.27. The second kappa shape index (κ2) is 8.53. The molecule has 1 aromatic carbocycles. The Labute approximate surface area is 152 Å². The quantitative estimate of drug-likeness (QED) is 0.667. The van der Waals surface area contributed by atoms with Crippen LogP contribution in [-0.2, 0) is 11.2 Å².